The van der Waals surface area contributed by atoms with Gasteiger partial charge in [-0.25, -0.2) is 0 Å². The number of hydrogen-bond acceptors (Lipinski definition) is 5. The number of nitrogens with zero attached hydrogens (tertiary/aromatic N) is 2. The Morgan fingerprint density at radius 1 is 1.55 bits per heavy atom. The Hall–Kier alpha value is -2.64. The van der Waals surface area contributed by atoms with Crippen LogP contribution in [0.15, 0.2) is 18.2 Å². The van der Waals surface area contributed by atoms with Gasteiger partial charge in [-0.1, -0.05) is 0 Å². The van der Waals surface area contributed by atoms with Gasteiger partial charge >= 0.3 is 0 Å². The van der Waals surface area contributed by atoms with Gasteiger partial charge in [0.2, 0.25) is 5.91 Å². The van der Waals surface area contributed by atoms with Gasteiger partial charge in [-0.15, -0.1) is 0 Å². The van der Waals surface area contributed by atoms with Gasteiger partial charge in [0.25, 0.3) is 11.6 Å². The number of nitro groups is 1. The second-order valence-electron chi connectivity index (χ2n) is 4.50. The molecule has 0 bridgehead atoms. The number of nitro benzene ring substituents is 1. The molecule has 1 unspecified atom stereocenters. The quantitative estimate of drug-likeness (QED) is 0.453. The average Bonchev–Trinajstić information content (AvgIpc) is 2.40. The molecular weight excluding hydrogens is 264 g/mol. The molecule has 1 atom stereocenters. The minimum absolute atomic E-state index is 0.100. The zero-order valence-electron chi connectivity index (χ0n) is 10.8. The van der Waals surface area contributed by atoms with Crippen LogP contribution >= 0.6 is 0 Å². The lowest BCUT2D eigenvalue weighted by Gasteiger charge is -2.32. The van der Waals surface area contributed by atoms with Crippen molar-refractivity contribution in [2.75, 3.05) is 18.8 Å². The Morgan fingerprint density at radius 3 is 2.90 bits per heavy atom. The molecule has 0 aromatic heterocycles. The molecule has 0 aliphatic carbocycles. The predicted molar refractivity (Wildman–Crippen MR) is 71.0 cm³/mol. The topological polar surface area (TPSA) is 119 Å². The lowest BCUT2D eigenvalue weighted by molar-refractivity contribution is -0.385. The third kappa shape index (κ3) is 2.40. The number of rotatable bonds is 2. The smallest absolute Gasteiger partial charge is 0.282 e. The average molecular weight is 278 g/mol. The van der Waals surface area contributed by atoms with E-state index in [-0.39, 0.29) is 22.8 Å². The number of anilines is 1. The Labute approximate surface area is 114 Å². The van der Waals surface area contributed by atoms with Crippen LogP contribution in [0.2, 0.25) is 0 Å². The van der Waals surface area contributed by atoms with Crippen LogP contribution in [-0.2, 0) is 4.79 Å². The van der Waals surface area contributed by atoms with Gasteiger partial charge in [0, 0.05) is 24.8 Å². The van der Waals surface area contributed by atoms with Crippen LogP contribution in [0.4, 0.5) is 11.4 Å². The van der Waals surface area contributed by atoms with Gasteiger partial charge in [-0.05, 0) is 19.1 Å². The number of carbonyl (C=O) groups is 2. The van der Waals surface area contributed by atoms with Crippen LogP contribution in [0.3, 0.4) is 0 Å². The Balaban J connectivity index is 2.40. The molecule has 3 N–H and O–H groups in total. The highest BCUT2D eigenvalue weighted by Crippen LogP contribution is 2.24. The van der Waals surface area contributed by atoms with E-state index in [9.17, 15) is 19.7 Å². The van der Waals surface area contributed by atoms with Crippen LogP contribution in [0.1, 0.15) is 17.3 Å². The number of nitrogens with two attached hydrogens (primary N) is 1. The fourth-order valence-corrected chi connectivity index (χ4v) is 2.10. The van der Waals surface area contributed by atoms with Gasteiger partial charge < -0.3 is 16.0 Å². The normalized spacial score (nSPS) is 18.6. The maximum atomic E-state index is 12.4. The van der Waals surface area contributed by atoms with Crippen LogP contribution in [0.25, 0.3) is 0 Å². The first-order valence-electron chi connectivity index (χ1n) is 6.04. The van der Waals surface area contributed by atoms with Crippen molar-refractivity contribution in [3.63, 3.8) is 0 Å². The minimum atomic E-state index is -0.669. The van der Waals surface area contributed by atoms with Crippen molar-refractivity contribution in [3.05, 3.63) is 33.9 Å². The molecular formula is C12H14N4O4. The highest BCUT2D eigenvalue weighted by Gasteiger charge is 2.33. The fraction of sp³-hybridized carbons (Fsp3) is 0.333. The van der Waals surface area contributed by atoms with Crippen LogP contribution in [-0.4, -0.2) is 40.8 Å². The summed E-state index contributed by atoms with van der Waals surface area (Å²) < 4.78 is 0. The van der Waals surface area contributed by atoms with Gasteiger partial charge in [0.15, 0.2) is 0 Å². The Morgan fingerprint density at radius 2 is 2.25 bits per heavy atom. The van der Waals surface area contributed by atoms with Crippen molar-refractivity contribution in [1.29, 1.82) is 0 Å². The summed E-state index contributed by atoms with van der Waals surface area (Å²) in [6.45, 7) is 2.20. The molecule has 8 nitrogen and oxygen atoms in total. The van der Waals surface area contributed by atoms with E-state index in [0.29, 0.717) is 13.1 Å². The molecule has 8 heteroatoms. The SMILES string of the molecule is CC1C(=O)NCCN1C(=O)c1cc(N)ccc1[N+](=O)[O-]. The van der Waals surface area contributed by atoms with Crippen molar-refractivity contribution in [2.24, 2.45) is 0 Å². The monoisotopic (exact) mass is 278 g/mol. The molecule has 0 spiro atoms. The molecule has 1 saturated heterocycles. The Kier molecular flexibility index (Phi) is 3.55. The van der Waals surface area contributed by atoms with Gasteiger partial charge in [0.1, 0.15) is 11.6 Å². The summed E-state index contributed by atoms with van der Waals surface area (Å²) in [6, 6.07) is 3.15. The number of nitrogens with one attached hydrogen (secondary N) is 1. The van der Waals surface area contributed by atoms with E-state index in [4.69, 9.17) is 5.73 Å². The lowest BCUT2D eigenvalue weighted by atomic mass is 10.1. The summed E-state index contributed by atoms with van der Waals surface area (Å²) in [7, 11) is 0. The molecule has 0 radical (unpaired) electrons. The first-order valence-corrected chi connectivity index (χ1v) is 6.04. The fourth-order valence-electron chi connectivity index (χ4n) is 2.10. The molecule has 1 aromatic rings. The van der Waals surface area contributed by atoms with Crippen molar-refractivity contribution >= 4 is 23.2 Å². The number of nitrogen functional groups attached to an aromatic ring is 1. The third-order valence-electron chi connectivity index (χ3n) is 3.21. The van der Waals surface area contributed by atoms with Crippen molar-refractivity contribution in [3.8, 4) is 0 Å². The van der Waals surface area contributed by atoms with E-state index in [1.165, 1.54) is 23.1 Å². The van der Waals surface area contributed by atoms with Crippen LogP contribution in [0.5, 0.6) is 0 Å². The van der Waals surface area contributed by atoms with Crippen molar-refractivity contribution < 1.29 is 14.5 Å². The van der Waals surface area contributed by atoms with E-state index >= 15 is 0 Å². The summed E-state index contributed by atoms with van der Waals surface area (Å²) in [5, 5.41) is 13.6. The van der Waals surface area contributed by atoms with Crippen LogP contribution in [0, 0.1) is 10.1 Å². The number of benzene rings is 1. The maximum absolute atomic E-state index is 12.4. The van der Waals surface area contributed by atoms with Crippen LogP contribution < -0.4 is 11.1 Å². The van der Waals surface area contributed by atoms with E-state index in [1.54, 1.807) is 6.92 Å². The molecule has 1 aliphatic rings. The van der Waals surface area contributed by atoms with E-state index < -0.39 is 16.9 Å². The van der Waals surface area contributed by atoms with Gasteiger partial charge in [-0.3, -0.25) is 19.7 Å². The summed E-state index contributed by atoms with van der Waals surface area (Å²) in [5.74, 6) is -0.845. The minimum Gasteiger partial charge on any atom is -0.399 e. The maximum Gasteiger partial charge on any atom is 0.282 e. The molecule has 2 amide bonds. The first-order chi connectivity index (χ1) is 9.41. The van der Waals surface area contributed by atoms with Crippen molar-refractivity contribution in [2.45, 2.75) is 13.0 Å². The molecule has 1 heterocycles. The zero-order chi connectivity index (χ0) is 14.9. The van der Waals surface area contributed by atoms with Gasteiger partial charge in [0.05, 0.1) is 4.92 Å². The third-order valence-corrected chi connectivity index (χ3v) is 3.21. The van der Waals surface area contributed by atoms with Crippen molar-refractivity contribution in [1.82, 2.24) is 10.2 Å². The highest BCUT2D eigenvalue weighted by atomic mass is 16.6. The number of amides is 2. The molecule has 0 saturated carbocycles. The summed E-state index contributed by atoms with van der Waals surface area (Å²) in [5.41, 5.74) is 5.42. The summed E-state index contributed by atoms with van der Waals surface area (Å²) >= 11 is 0. The molecule has 1 fully saturated rings. The van der Waals surface area contributed by atoms with E-state index in [0.717, 1.165) is 0 Å². The zero-order valence-corrected chi connectivity index (χ0v) is 10.8. The lowest BCUT2D eigenvalue weighted by Crippen LogP contribution is -2.55. The number of carbonyl (C=O) groups excluding carboxylic acids is 2. The molecule has 2 rings (SSSR count). The number of piperazine rings is 1. The second kappa shape index (κ2) is 5.16. The predicted octanol–water partition coefficient (Wildman–Crippen LogP) is 0.138. The summed E-state index contributed by atoms with van der Waals surface area (Å²) in [4.78, 5) is 35.6. The molecule has 106 valence electrons. The Bertz CT molecular complexity index is 587. The highest BCUT2D eigenvalue weighted by molar-refractivity contribution is 6.01. The second-order valence-corrected chi connectivity index (χ2v) is 4.50. The molecule has 20 heavy (non-hydrogen) atoms. The van der Waals surface area contributed by atoms with E-state index in [2.05, 4.69) is 5.32 Å². The molecule has 1 aliphatic heterocycles. The number of hydrogen-bond donors (Lipinski definition) is 2. The standard InChI is InChI=1S/C12H14N4O4/c1-7-11(17)14-4-5-15(7)12(18)9-6-8(13)2-3-10(9)16(19)20/h2-3,6-7H,4-5,13H2,1H3,(H,14,17). The summed E-state index contributed by atoms with van der Waals surface area (Å²) in [6.07, 6.45) is 0. The largest absolute Gasteiger partial charge is 0.399 e. The van der Waals surface area contributed by atoms with Gasteiger partial charge in [-0.2, -0.15) is 0 Å². The first kappa shape index (κ1) is 13.8. The molecule has 1 aromatic carbocycles. The van der Waals surface area contributed by atoms with E-state index in [1.807, 2.05) is 0 Å².